The van der Waals surface area contributed by atoms with Crippen LogP contribution in [-0.2, 0) is 0 Å². The molecule has 17 heavy (non-hydrogen) atoms. The standard InChI is InChI=1S/C14H25NO2/c1-10(16)7-15(8-11(2)17)9-14-6-12-3-4-13(14)5-12/h3-4,10-14,16-17H,5-9H2,1-2H3/t10-,11-,12+,13+,14+/m1/s1. The van der Waals surface area contributed by atoms with Crippen LogP contribution in [0.3, 0.4) is 0 Å². The second kappa shape index (κ2) is 5.51. The molecule has 0 heterocycles. The molecular weight excluding hydrogens is 214 g/mol. The molecule has 98 valence electrons. The van der Waals surface area contributed by atoms with Gasteiger partial charge in [-0.15, -0.1) is 0 Å². The molecule has 0 aromatic rings. The maximum absolute atomic E-state index is 9.50. The molecule has 3 nitrogen and oxygen atoms in total. The molecule has 1 fully saturated rings. The summed E-state index contributed by atoms with van der Waals surface area (Å²) in [4.78, 5) is 2.22. The summed E-state index contributed by atoms with van der Waals surface area (Å²) in [5, 5.41) is 19.0. The third kappa shape index (κ3) is 3.54. The largest absolute Gasteiger partial charge is 0.392 e. The lowest BCUT2D eigenvalue weighted by molar-refractivity contribution is 0.0710. The van der Waals surface area contributed by atoms with Crippen molar-refractivity contribution >= 4 is 0 Å². The Balaban J connectivity index is 1.86. The van der Waals surface area contributed by atoms with Gasteiger partial charge in [-0.1, -0.05) is 12.2 Å². The maximum atomic E-state index is 9.50. The Morgan fingerprint density at radius 2 is 1.76 bits per heavy atom. The summed E-state index contributed by atoms with van der Waals surface area (Å²) in [7, 11) is 0. The predicted octanol–water partition coefficient (Wildman–Crippen LogP) is 1.26. The first-order valence-electron chi connectivity index (χ1n) is 6.81. The van der Waals surface area contributed by atoms with Crippen molar-refractivity contribution in [3.8, 4) is 0 Å². The minimum atomic E-state index is -0.317. The van der Waals surface area contributed by atoms with Crippen molar-refractivity contribution in [3.63, 3.8) is 0 Å². The molecule has 0 amide bonds. The Hall–Kier alpha value is -0.380. The maximum Gasteiger partial charge on any atom is 0.0639 e. The number of aliphatic hydroxyl groups excluding tert-OH is 2. The highest BCUT2D eigenvalue weighted by Gasteiger charge is 2.36. The molecule has 2 aliphatic rings. The minimum absolute atomic E-state index is 0.317. The van der Waals surface area contributed by atoms with Gasteiger partial charge in [-0.3, -0.25) is 4.90 Å². The van der Waals surface area contributed by atoms with Gasteiger partial charge in [0.05, 0.1) is 12.2 Å². The summed E-state index contributed by atoms with van der Waals surface area (Å²) < 4.78 is 0. The van der Waals surface area contributed by atoms with Crippen LogP contribution in [0.25, 0.3) is 0 Å². The second-order valence-corrected chi connectivity index (χ2v) is 5.96. The highest BCUT2D eigenvalue weighted by molar-refractivity contribution is 5.10. The normalized spacial score (nSPS) is 34.5. The summed E-state index contributed by atoms with van der Waals surface area (Å²) in [6.07, 6.45) is 6.70. The smallest absolute Gasteiger partial charge is 0.0639 e. The van der Waals surface area contributed by atoms with Gasteiger partial charge in [-0.05, 0) is 44.4 Å². The van der Waals surface area contributed by atoms with Crippen LogP contribution in [0.1, 0.15) is 26.7 Å². The van der Waals surface area contributed by atoms with Crippen molar-refractivity contribution in [2.24, 2.45) is 17.8 Å². The van der Waals surface area contributed by atoms with E-state index in [2.05, 4.69) is 17.1 Å². The topological polar surface area (TPSA) is 43.7 Å². The summed E-state index contributed by atoms with van der Waals surface area (Å²) in [6, 6.07) is 0. The van der Waals surface area contributed by atoms with Crippen molar-refractivity contribution in [2.75, 3.05) is 19.6 Å². The second-order valence-electron chi connectivity index (χ2n) is 5.96. The van der Waals surface area contributed by atoms with Crippen molar-refractivity contribution in [1.29, 1.82) is 0 Å². The number of allylic oxidation sites excluding steroid dienone is 2. The van der Waals surface area contributed by atoms with Crippen LogP contribution in [0.4, 0.5) is 0 Å². The molecular formula is C14H25NO2. The third-order valence-corrected chi connectivity index (χ3v) is 3.95. The molecule has 0 aromatic carbocycles. The van der Waals surface area contributed by atoms with E-state index in [4.69, 9.17) is 0 Å². The average molecular weight is 239 g/mol. The quantitative estimate of drug-likeness (QED) is 0.686. The van der Waals surface area contributed by atoms with E-state index in [0.29, 0.717) is 13.1 Å². The summed E-state index contributed by atoms with van der Waals surface area (Å²) in [6.45, 7) is 5.98. The lowest BCUT2D eigenvalue weighted by Gasteiger charge is -2.30. The van der Waals surface area contributed by atoms with Crippen LogP contribution in [0.15, 0.2) is 12.2 Å². The van der Waals surface area contributed by atoms with Crippen LogP contribution in [0, 0.1) is 17.8 Å². The molecule has 0 aliphatic heterocycles. The van der Waals surface area contributed by atoms with E-state index in [9.17, 15) is 10.2 Å². The number of nitrogens with zero attached hydrogens (tertiary/aromatic N) is 1. The van der Waals surface area contributed by atoms with Crippen LogP contribution in [0.5, 0.6) is 0 Å². The van der Waals surface area contributed by atoms with E-state index in [0.717, 1.165) is 24.3 Å². The van der Waals surface area contributed by atoms with E-state index in [1.807, 2.05) is 13.8 Å². The first-order valence-corrected chi connectivity index (χ1v) is 6.81. The summed E-state index contributed by atoms with van der Waals surface area (Å²) in [5.41, 5.74) is 0. The first kappa shape index (κ1) is 13.1. The van der Waals surface area contributed by atoms with Gasteiger partial charge < -0.3 is 10.2 Å². The van der Waals surface area contributed by atoms with E-state index in [-0.39, 0.29) is 12.2 Å². The van der Waals surface area contributed by atoms with Crippen LogP contribution in [0.2, 0.25) is 0 Å². The summed E-state index contributed by atoms with van der Waals surface area (Å²) >= 11 is 0. The highest BCUT2D eigenvalue weighted by atomic mass is 16.3. The SMILES string of the molecule is C[C@@H](O)CN(C[C@@H]1C[C@H]2C=C[C@H]1C2)C[C@@H](C)O. The molecule has 0 unspecified atom stereocenters. The highest BCUT2D eigenvalue weighted by Crippen LogP contribution is 2.43. The van der Waals surface area contributed by atoms with Crippen molar-refractivity contribution in [2.45, 2.75) is 38.9 Å². The Morgan fingerprint density at radius 1 is 1.12 bits per heavy atom. The lowest BCUT2D eigenvalue weighted by atomic mass is 9.93. The molecule has 1 saturated carbocycles. The zero-order valence-corrected chi connectivity index (χ0v) is 10.9. The third-order valence-electron chi connectivity index (χ3n) is 3.95. The van der Waals surface area contributed by atoms with E-state index in [1.165, 1.54) is 12.8 Å². The first-order chi connectivity index (χ1) is 8.04. The predicted molar refractivity (Wildman–Crippen MR) is 68.6 cm³/mol. The Morgan fingerprint density at radius 3 is 2.18 bits per heavy atom. The minimum Gasteiger partial charge on any atom is -0.392 e. The molecule has 0 aromatic heterocycles. The number of fused-ring (bicyclic) bond motifs is 2. The van der Waals surface area contributed by atoms with Crippen LogP contribution < -0.4 is 0 Å². The molecule has 0 saturated heterocycles. The van der Waals surface area contributed by atoms with Gasteiger partial charge in [0.25, 0.3) is 0 Å². The molecule has 2 rings (SSSR count). The van der Waals surface area contributed by atoms with Crippen molar-refractivity contribution in [1.82, 2.24) is 4.90 Å². The molecule has 3 heteroatoms. The van der Waals surface area contributed by atoms with Gasteiger partial charge >= 0.3 is 0 Å². The molecule has 5 atom stereocenters. The molecule has 2 bridgehead atoms. The molecule has 2 aliphatic carbocycles. The average Bonchev–Trinajstić information content (AvgIpc) is 2.76. The fraction of sp³-hybridized carbons (Fsp3) is 0.857. The number of rotatable bonds is 6. The monoisotopic (exact) mass is 239 g/mol. The number of hydrogen-bond donors (Lipinski definition) is 2. The van der Waals surface area contributed by atoms with Crippen LogP contribution >= 0.6 is 0 Å². The van der Waals surface area contributed by atoms with Gasteiger partial charge in [0.15, 0.2) is 0 Å². The van der Waals surface area contributed by atoms with Gasteiger partial charge in [0.2, 0.25) is 0 Å². The number of aliphatic hydroxyl groups is 2. The summed E-state index contributed by atoms with van der Waals surface area (Å²) in [5.74, 6) is 2.26. The van der Waals surface area contributed by atoms with E-state index in [1.54, 1.807) is 0 Å². The zero-order chi connectivity index (χ0) is 12.4. The van der Waals surface area contributed by atoms with Gasteiger partial charge in [-0.2, -0.15) is 0 Å². The molecule has 0 radical (unpaired) electrons. The fourth-order valence-corrected chi connectivity index (χ4v) is 3.41. The zero-order valence-electron chi connectivity index (χ0n) is 10.9. The Kier molecular flexibility index (Phi) is 4.23. The van der Waals surface area contributed by atoms with Gasteiger partial charge in [0, 0.05) is 19.6 Å². The van der Waals surface area contributed by atoms with Crippen molar-refractivity contribution < 1.29 is 10.2 Å². The van der Waals surface area contributed by atoms with Gasteiger partial charge in [0.1, 0.15) is 0 Å². The Bertz CT molecular complexity index is 265. The fourth-order valence-electron chi connectivity index (χ4n) is 3.41. The molecule has 2 N–H and O–H groups in total. The molecule has 0 spiro atoms. The lowest BCUT2D eigenvalue weighted by Crippen LogP contribution is -2.40. The van der Waals surface area contributed by atoms with Gasteiger partial charge in [-0.25, -0.2) is 0 Å². The van der Waals surface area contributed by atoms with Crippen LogP contribution in [-0.4, -0.2) is 47.0 Å². The van der Waals surface area contributed by atoms with E-state index < -0.39 is 0 Å². The van der Waals surface area contributed by atoms with E-state index >= 15 is 0 Å². The Labute approximate surface area is 104 Å². The number of hydrogen-bond acceptors (Lipinski definition) is 3. The van der Waals surface area contributed by atoms with Crippen molar-refractivity contribution in [3.05, 3.63) is 12.2 Å².